The Morgan fingerprint density at radius 2 is 1.89 bits per heavy atom. The van der Waals surface area contributed by atoms with Crippen molar-refractivity contribution in [3.05, 3.63) is 61.6 Å². The molecule has 1 aliphatic rings. The van der Waals surface area contributed by atoms with Crippen LogP contribution < -0.4 is 5.32 Å². The number of nitrogens with one attached hydrogen (secondary N) is 1. The van der Waals surface area contributed by atoms with E-state index in [9.17, 15) is 23.9 Å². The van der Waals surface area contributed by atoms with Crippen LogP contribution in [0.15, 0.2) is 50.2 Å². The van der Waals surface area contributed by atoms with Crippen LogP contribution in [0.1, 0.15) is 5.56 Å². The first kappa shape index (κ1) is 20.6. The van der Waals surface area contributed by atoms with E-state index in [1.165, 1.54) is 30.3 Å². The molecule has 1 aliphatic heterocycles. The Hall–Kier alpha value is -2.17. The number of nitrogens with zero attached hydrogens (tertiary/aromatic N) is 1. The zero-order chi connectivity index (χ0) is 20.4. The van der Waals surface area contributed by atoms with E-state index in [0.717, 1.165) is 4.90 Å². The van der Waals surface area contributed by atoms with Crippen LogP contribution in [-0.2, 0) is 9.59 Å². The topological polar surface area (TPSA) is 86.7 Å². The highest BCUT2D eigenvalue weighted by atomic mass is 79.9. The minimum Gasteiger partial charge on any atom is -0.506 e. The van der Waals surface area contributed by atoms with Gasteiger partial charge in [0, 0.05) is 15.7 Å². The van der Waals surface area contributed by atoms with Crippen LogP contribution in [0.3, 0.4) is 0 Å². The first-order valence-electron chi connectivity index (χ1n) is 7.73. The zero-order valence-corrected chi connectivity index (χ0v) is 17.9. The molecule has 6 nitrogen and oxygen atoms in total. The summed E-state index contributed by atoms with van der Waals surface area (Å²) in [7, 11) is 0. The fourth-order valence-electron chi connectivity index (χ4n) is 2.35. The molecule has 3 rings (SSSR count). The maximum atomic E-state index is 12.9. The number of rotatable bonds is 4. The smallest absolute Gasteiger partial charge is 0.294 e. The lowest BCUT2D eigenvalue weighted by Crippen LogP contribution is -2.36. The Balaban J connectivity index is 1.74. The molecule has 10 heteroatoms. The Morgan fingerprint density at radius 1 is 1.21 bits per heavy atom. The largest absolute Gasteiger partial charge is 0.506 e. The second kappa shape index (κ2) is 8.46. The summed E-state index contributed by atoms with van der Waals surface area (Å²) in [6, 6.07) is 8.33. The molecule has 0 spiro atoms. The van der Waals surface area contributed by atoms with Crippen molar-refractivity contribution in [2.24, 2.45) is 0 Å². The monoisotopic (exact) mass is 528 g/mol. The molecule has 1 fully saturated rings. The minimum atomic E-state index is -0.639. The van der Waals surface area contributed by atoms with E-state index in [2.05, 4.69) is 37.2 Å². The van der Waals surface area contributed by atoms with Gasteiger partial charge in [0.25, 0.3) is 11.1 Å². The molecular weight excluding hydrogens is 519 g/mol. The molecule has 0 unspecified atom stereocenters. The van der Waals surface area contributed by atoms with Crippen molar-refractivity contribution in [1.29, 1.82) is 0 Å². The summed E-state index contributed by atoms with van der Waals surface area (Å²) >= 11 is 7.16. The van der Waals surface area contributed by atoms with Gasteiger partial charge in [0.15, 0.2) is 0 Å². The van der Waals surface area contributed by atoms with Gasteiger partial charge in [0.1, 0.15) is 18.1 Å². The van der Waals surface area contributed by atoms with Crippen LogP contribution in [0.25, 0.3) is 6.08 Å². The predicted molar refractivity (Wildman–Crippen MR) is 111 cm³/mol. The molecule has 0 radical (unpaired) electrons. The molecule has 0 bridgehead atoms. The number of carbonyl (C=O) groups excluding carboxylic acids is 3. The molecule has 0 atom stereocenters. The highest BCUT2D eigenvalue weighted by molar-refractivity contribution is 9.11. The number of phenolic OH excluding ortho intramolecular Hbond substituents is 1. The fraction of sp³-hybridized carbons (Fsp3) is 0.0556. The van der Waals surface area contributed by atoms with Crippen molar-refractivity contribution >= 4 is 72.4 Å². The molecule has 2 aromatic rings. The number of carbonyl (C=O) groups is 3. The average Bonchev–Trinajstić information content (AvgIpc) is 2.88. The SMILES string of the molecule is O=C(CN1C(=O)S/C(=C\c2cc(Br)cc(Br)c2O)C1=O)Nc1ccc(F)cc1. The number of benzene rings is 2. The molecule has 0 aromatic heterocycles. The summed E-state index contributed by atoms with van der Waals surface area (Å²) < 4.78 is 14.0. The van der Waals surface area contributed by atoms with E-state index >= 15 is 0 Å². The predicted octanol–water partition coefficient (Wildman–Crippen LogP) is 4.73. The Labute approximate surface area is 180 Å². The minimum absolute atomic E-state index is 0.0796. The molecule has 0 saturated carbocycles. The average molecular weight is 530 g/mol. The Morgan fingerprint density at radius 3 is 2.57 bits per heavy atom. The van der Waals surface area contributed by atoms with Crippen LogP contribution in [0.5, 0.6) is 5.75 Å². The number of imide groups is 1. The summed E-state index contributed by atoms with van der Waals surface area (Å²) in [6.45, 7) is -0.479. The Kier molecular flexibility index (Phi) is 6.21. The van der Waals surface area contributed by atoms with Crippen molar-refractivity contribution in [1.82, 2.24) is 4.90 Å². The van der Waals surface area contributed by atoms with Gasteiger partial charge in [-0.05, 0) is 70.2 Å². The molecule has 28 heavy (non-hydrogen) atoms. The zero-order valence-electron chi connectivity index (χ0n) is 13.9. The van der Waals surface area contributed by atoms with Crippen LogP contribution in [0.4, 0.5) is 14.9 Å². The first-order chi connectivity index (χ1) is 13.2. The number of phenols is 1. The van der Waals surface area contributed by atoms with E-state index in [0.29, 0.717) is 32.0 Å². The van der Waals surface area contributed by atoms with Gasteiger partial charge < -0.3 is 10.4 Å². The van der Waals surface area contributed by atoms with E-state index < -0.39 is 29.4 Å². The quantitative estimate of drug-likeness (QED) is 0.559. The normalized spacial score (nSPS) is 15.4. The summed E-state index contributed by atoms with van der Waals surface area (Å²) in [5.74, 6) is -1.76. The number of amides is 3. The second-order valence-electron chi connectivity index (χ2n) is 5.65. The summed E-state index contributed by atoms with van der Waals surface area (Å²) in [4.78, 5) is 37.7. The van der Waals surface area contributed by atoms with Crippen molar-refractivity contribution in [2.75, 3.05) is 11.9 Å². The molecule has 2 aromatic carbocycles. The number of thioether (sulfide) groups is 1. The molecule has 0 aliphatic carbocycles. The number of halogens is 3. The number of anilines is 1. The third-order valence-electron chi connectivity index (χ3n) is 3.65. The summed E-state index contributed by atoms with van der Waals surface area (Å²) in [5.41, 5.74) is 0.681. The van der Waals surface area contributed by atoms with Gasteiger partial charge in [-0.3, -0.25) is 19.3 Å². The van der Waals surface area contributed by atoms with Gasteiger partial charge >= 0.3 is 0 Å². The fourth-order valence-corrected chi connectivity index (χ4v) is 4.44. The van der Waals surface area contributed by atoms with Crippen LogP contribution in [0, 0.1) is 5.82 Å². The van der Waals surface area contributed by atoms with Crippen molar-refractivity contribution in [2.45, 2.75) is 0 Å². The van der Waals surface area contributed by atoms with Crippen molar-refractivity contribution < 1.29 is 23.9 Å². The van der Waals surface area contributed by atoms with Gasteiger partial charge in [-0.1, -0.05) is 15.9 Å². The van der Waals surface area contributed by atoms with Crippen molar-refractivity contribution in [3.63, 3.8) is 0 Å². The summed E-state index contributed by atoms with van der Waals surface area (Å²) in [6.07, 6.45) is 1.38. The van der Waals surface area contributed by atoms with Crippen LogP contribution >= 0.6 is 43.6 Å². The summed E-state index contributed by atoms with van der Waals surface area (Å²) in [5, 5.41) is 12.0. The molecule has 1 saturated heterocycles. The second-order valence-corrected chi connectivity index (χ2v) is 8.41. The molecular formula is C18H11Br2FN2O4S. The van der Waals surface area contributed by atoms with E-state index in [1.807, 2.05) is 0 Å². The number of aromatic hydroxyl groups is 1. The lowest BCUT2D eigenvalue weighted by Gasteiger charge is -2.12. The lowest BCUT2D eigenvalue weighted by atomic mass is 10.2. The molecule has 2 N–H and O–H groups in total. The lowest BCUT2D eigenvalue weighted by molar-refractivity contribution is -0.127. The van der Waals surface area contributed by atoms with E-state index in [1.54, 1.807) is 12.1 Å². The molecule has 144 valence electrons. The van der Waals surface area contributed by atoms with Crippen LogP contribution in [-0.4, -0.2) is 33.6 Å². The van der Waals surface area contributed by atoms with Gasteiger partial charge in [0.05, 0.1) is 9.38 Å². The third kappa shape index (κ3) is 4.62. The maximum Gasteiger partial charge on any atom is 0.294 e. The Bertz CT molecular complexity index is 1010. The van der Waals surface area contributed by atoms with Crippen LogP contribution in [0.2, 0.25) is 0 Å². The van der Waals surface area contributed by atoms with Gasteiger partial charge in [-0.25, -0.2) is 4.39 Å². The standard InChI is InChI=1S/C18H11Br2FN2O4S/c19-10-5-9(16(25)13(20)7-10)6-14-17(26)23(18(27)28-14)8-15(24)22-12-3-1-11(21)2-4-12/h1-7,25H,8H2,(H,22,24)/b14-6-. The van der Waals surface area contributed by atoms with Crippen molar-refractivity contribution in [3.8, 4) is 5.75 Å². The molecule has 3 amide bonds. The first-order valence-corrected chi connectivity index (χ1v) is 10.1. The van der Waals surface area contributed by atoms with E-state index in [-0.39, 0.29) is 10.7 Å². The third-order valence-corrected chi connectivity index (χ3v) is 5.62. The van der Waals surface area contributed by atoms with E-state index in [4.69, 9.17) is 0 Å². The molecule has 1 heterocycles. The number of hydrogen-bond donors (Lipinski definition) is 2. The van der Waals surface area contributed by atoms with Gasteiger partial charge in [0.2, 0.25) is 5.91 Å². The number of hydrogen-bond acceptors (Lipinski definition) is 5. The van der Waals surface area contributed by atoms with Gasteiger partial charge in [-0.15, -0.1) is 0 Å². The highest BCUT2D eigenvalue weighted by Crippen LogP contribution is 2.37. The highest BCUT2D eigenvalue weighted by Gasteiger charge is 2.36. The maximum absolute atomic E-state index is 12.9. The van der Waals surface area contributed by atoms with Gasteiger partial charge in [-0.2, -0.15) is 0 Å².